The maximum atomic E-state index is 13.4. The van der Waals surface area contributed by atoms with E-state index in [1.807, 2.05) is 0 Å². The van der Waals surface area contributed by atoms with Crippen LogP contribution in [0.1, 0.15) is 25.7 Å². The van der Waals surface area contributed by atoms with Gasteiger partial charge >= 0.3 is 0 Å². The van der Waals surface area contributed by atoms with Gasteiger partial charge in [-0.1, -0.05) is 18.9 Å². The van der Waals surface area contributed by atoms with Gasteiger partial charge in [0.2, 0.25) is 21.8 Å². The van der Waals surface area contributed by atoms with E-state index in [0.29, 0.717) is 19.8 Å². The SMILES string of the molecule is O=C1[C@H]2CCCC[C@@H]2C(=O)N1C[NH+]1CCN(S(=O)(=O)c2cccc(F)c2)CC1. The number of fused-ring (bicyclic) bond motifs is 1. The number of nitrogens with one attached hydrogen (secondary N) is 1. The molecule has 3 fully saturated rings. The number of sulfonamides is 1. The molecule has 0 bridgehead atoms. The van der Waals surface area contributed by atoms with Crippen LogP contribution in [0.25, 0.3) is 0 Å². The number of amides is 2. The third-order valence-electron chi connectivity index (χ3n) is 6.18. The van der Waals surface area contributed by atoms with Crippen molar-refractivity contribution in [3.05, 3.63) is 30.1 Å². The molecule has 0 spiro atoms. The highest BCUT2D eigenvalue weighted by Crippen LogP contribution is 2.37. The average Bonchev–Trinajstić information content (AvgIpc) is 2.94. The number of hydrogen-bond donors (Lipinski definition) is 1. The van der Waals surface area contributed by atoms with E-state index in [-0.39, 0.29) is 41.6 Å². The number of rotatable bonds is 4. The van der Waals surface area contributed by atoms with Gasteiger partial charge in [0.05, 0.1) is 42.9 Å². The van der Waals surface area contributed by atoms with Crippen molar-refractivity contribution in [1.82, 2.24) is 9.21 Å². The number of likely N-dealkylation sites (tertiary alicyclic amines) is 1. The molecule has 2 atom stereocenters. The van der Waals surface area contributed by atoms with Crippen molar-refractivity contribution in [2.45, 2.75) is 30.6 Å². The predicted molar refractivity (Wildman–Crippen MR) is 98.0 cm³/mol. The van der Waals surface area contributed by atoms with E-state index in [2.05, 4.69) is 0 Å². The second-order valence-electron chi connectivity index (χ2n) is 7.87. The molecule has 0 unspecified atom stereocenters. The zero-order valence-electron chi connectivity index (χ0n) is 15.6. The Balaban J connectivity index is 1.38. The van der Waals surface area contributed by atoms with Gasteiger partial charge in [0.25, 0.3) is 0 Å². The number of quaternary nitrogens is 1. The van der Waals surface area contributed by atoms with Gasteiger partial charge in [-0.05, 0) is 31.0 Å². The maximum Gasteiger partial charge on any atom is 0.243 e. The largest absolute Gasteiger partial charge is 0.315 e. The first-order valence-corrected chi connectivity index (χ1v) is 11.3. The topological polar surface area (TPSA) is 79.2 Å². The Morgan fingerprint density at radius 3 is 2.21 bits per heavy atom. The number of piperazine rings is 1. The third-order valence-corrected chi connectivity index (χ3v) is 8.07. The van der Waals surface area contributed by atoms with Crippen LogP contribution >= 0.6 is 0 Å². The van der Waals surface area contributed by atoms with Gasteiger partial charge < -0.3 is 4.90 Å². The van der Waals surface area contributed by atoms with E-state index in [1.54, 1.807) is 0 Å². The lowest BCUT2D eigenvalue weighted by molar-refractivity contribution is -0.910. The van der Waals surface area contributed by atoms with Gasteiger partial charge in [0.15, 0.2) is 6.67 Å². The highest BCUT2D eigenvalue weighted by Gasteiger charge is 2.49. The van der Waals surface area contributed by atoms with E-state index in [0.717, 1.165) is 36.6 Å². The molecule has 0 radical (unpaired) electrons. The Morgan fingerprint density at radius 2 is 1.64 bits per heavy atom. The van der Waals surface area contributed by atoms with Gasteiger partial charge in [-0.2, -0.15) is 4.31 Å². The van der Waals surface area contributed by atoms with Gasteiger partial charge in [-0.25, -0.2) is 17.7 Å². The summed E-state index contributed by atoms with van der Waals surface area (Å²) in [7, 11) is -3.74. The molecule has 0 aromatic heterocycles. The molecule has 28 heavy (non-hydrogen) atoms. The summed E-state index contributed by atoms with van der Waals surface area (Å²) in [6.45, 7) is 1.86. The Bertz CT molecular complexity index is 859. The van der Waals surface area contributed by atoms with Crippen LogP contribution in [0.4, 0.5) is 4.39 Å². The molecule has 7 nitrogen and oxygen atoms in total. The van der Waals surface area contributed by atoms with Gasteiger partial charge in [0.1, 0.15) is 5.82 Å². The average molecular weight is 410 g/mol. The molecule has 3 aliphatic rings. The van der Waals surface area contributed by atoms with Gasteiger partial charge in [-0.15, -0.1) is 0 Å². The van der Waals surface area contributed by atoms with E-state index in [9.17, 15) is 22.4 Å². The highest BCUT2D eigenvalue weighted by molar-refractivity contribution is 7.89. The lowest BCUT2D eigenvalue weighted by atomic mass is 9.81. The minimum Gasteiger partial charge on any atom is -0.315 e. The summed E-state index contributed by atoms with van der Waals surface area (Å²) in [5.41, 5.74) is 0. The lowest BCUT2D eigenvalue weighted by Crippen LogP contribution is -3.16. The number of benzene rings is 1. The third kappa shape index (κ3) is 3.46. The molecule has 1 aromatic rings. The fourth-order valence-electron chi connectivity index (χ4n) is 4.59. The molecular weight excluding hydrogens is 385 g/mol. The summed E-state index contributed by atoms with van der Waals surface area (Å²) in [6, 6.07) is 5.01. The number of halogens is 1. The Labute approximate surface area is 164 Å². The summed E-state index contributed by atoms with van der Waals surface area (Å²) in [4.78, 5) is 27.6. The first-order valence-electron chi connectivity index (χ1n) is 9.82. The normalized spacial score (nSPS) is 27.2. The first kappa shape index (κ1) is 19.5. The Hall–Kier alpha value is -1.84. The van der Waals surface area contributed by atoms with Gasteiger partial charge in [0, 0.05) is 0 Å². The summed E-state index contributed by atoms with van der Waals surface area (Å²) in [6.07, 6.45) is 3.58. The van der Waals surface area contributed by atoms with Crippen molar-refractivity contribution in [3.8, 4) is 0 Å². The fraction of sp³-hybridized carbons (Fsp3) is 0.579. The maximum absolute atomic E-state index is 13.4. The molecule has 4 rings (SSSR count). The highest BCUT2D eigenvalue weighted by atomic mass is 32.2. The monoisotopic (exact) mass is 410 g/mol. The summed E-state index contributed by atoms with van der Waals surface area (Å²) < 4.78 is 40.1. The Morgan fingerprint density at radius 1 is 1.04 bits per heavy atom. The van der Waals surface area contributed by atoms with Crippen molar-refractivity contribution < 1.29 is 27.3 Å². The number of imide groups is 1. The van der Waals surface area contributed by atoms with Crippen molar-refractivity contribution >= 4 is 21.8 Å². The molecule has 2 amide bonds. The van der Waals surface area contributed by atoms with Crippen molar-refractivity contribution in [3.63, 3.8) is 0 Å². The van der Waals surface area contributed by atoms with Crippen LogP contribution in [0, 0.1) is 17.7 Å². The number of hydrogen-bond acceptors (Lipinski definition) is 4. The Kier molecular flexibility index (Phi) is 5.24. The smallest absolute Gasteiger partial charge is 0.243 e. The number of carbonyl (C=O) groups is 2. The van der Waals surface area contributed by atoms with E-state index < -0.39 is 15.8 Å². The fourth-order valence-corrected chi connectivity index (χ4v) is 6.06. The molecule has 9 heteroatoms. The van der Waals surface area contributed by atoms with Crippen LogP contribution in [-0.4, -0.2) is 62.3 Å². The van der Waals surface area contributed by atoms with Crippen molar-refractivity contribution in [1.29, 1.82) is 0 Å². The van der Waals surface area contributed by atoms with Crippen LogP contribution < -0.4 is 4.90 Å². The minimum atomic E-state index is -3.74. The quantitative estimate of drug-likeness (QED) is 0.700. The van der Waals surface area contributed by atoms with Crippen molar-refractivity contribution in [2.75, 3.05) is 32.8 Å². The van der Waals surface area contributed by atoms with E-state index in [4.69, 9.17) is 0 Å². The number of nitrogens with zero attached hydrogens (tertiary/aromatic N) is 2. The molecule has 1 saturated carbocycles. The van der Waals surface area contributed by atoms with E-state index >= 15 is 0 Å². The zero-order chi connectivity index (χ0) is 19.9. The minimum absolute atomic E-state index is 0.0510. The van der Waals surface area contributed by atoms with Crippen molar-refractivity contribution in [2.24, 2.45) is 11.8 Å². The zero-order valence-corrected chi connectivity index (χ0v) is 16.5. The van der Waals surface area contributed by atoms with Crippen LogP contribution in [0.2, 0.25) is 0 Å². The van der Waals surface area contributed by atoms with Crippen LogP contribution in [0.5, 0.6) is 0 Å². The summed E-state index contributed by atoms with van der Waals surface area (Å²) in [5, 5.41) is 0. The first-order chi connectivity index (χ1) is 13.4. The van der Waals surface area contributed by atoms with E-state index in [1.165, 1.54) is 27.4 Å². The molecule has 1 N–H and O–H groups in total. The van der Waals surface area contributed by atoms with Crippen LogP contribution in [-0.2, 0) is 19.6 Å². The molecular formula is C19H25FN3O4S+. The van der Waals surface area contributed by atoms with Crippen LogP contribution in [0.3, 0.4) is 0 Å². The second kappa shape index (κ2) is 7.53. The summed E-state index contributed by atoms with van der Waals surface area (Å²) in [5.74, 6) is -1.02. The number of carbonyl (C=O) groups excluding carboxylic acids is 2. The van der Waals surface area contributed by atoms with Crippen LogP contribution in [0.15, 0.2) is 29.2 Å². The molecule has 152 valence electrons. The molecule has 1 aliphatic carbocycles. The summed E-state index contributed by atoms with van der Waals surface area (Å²) >= 11 is 0. The second-order valence-corrected chi connectivity index (χ2v) is 9.81. The van der Waals surface area contributed by atoms with Gasteiger partial charge in [-0.3, -0.25) is 9.59 Å². The lowest BCUT2D eigenvalue weighted by Gasteiger charge is -2.33. The molecule has 2 saturated heterocycles. The molecule has 2 heterocycles. The standard InChI is InChI=1S/C19H24FN3O4S/c20-14-4-3-5-15(12-14)28(26,27)22-10-8-21(9-11-22)13-23-18(24)16-6-1-2-7-17(16)19(23)25/h3-5,12,16-17H,1-2,6-11,13H2/p+1/t16-,17-/m0/s1. The molecule has 1 aromatic carbocycles. The predicted octanol–water partition coefficient (Wildman–Crippen LogP) is -0.152. The molecule has 2 aliphatic heterocycles.